The Labute approximate surface area is 94.3 Å². The van der Waals surface area contributed by atoms with Gasteiger partial charge in [0.1, 0.15) is 11.8 Å². The number of aromatic amines is 1. The van der Waals surface area contributed by atoms with E-state index in [-0.39, 0.29) is 0 Å². The highest BCUT2D eigenvalue weighted by molar-refractivity contribution is 5.23. The van der Waals surface area contributed by atoms with Crippen molar-refractivity contribution < 1.29 is 5.11 Å². The Hall–Kier alpha value is -1.68. The van der Waals surface area contributed by atoms with E-state index in [0.29, 0.717) is 12.1 Å². The second-order valence-corrected chi connectivity index (χ2v) is 3.78. The second-order valence-electron chi connectivity index (χ2n) is 3.78. The molecule has 0 aliphatic carbocycles. The lowest BCUT2D eigenvalue weighted by atomic mass is 10.0. The van der Waals surface area contributed by atoms with Gasteiger partial charge in [0, 0.05) is 6.42 Å². The van der Waals surface area contributed by atoms with E-state index in [4.69, 9.17) is 0 Å². The Morgan fingerprint density at radius 2 is 1.94 bits per heavy atom. The lowest BCUT2D eigenvalue weighted by Crippen LogP contribution is -2.02. The predicted molar refractivity (Wildman–Crippen MR) is 60.9 cm³/mol. The normalized spacial score (nSPS) is 12.6. The molecule has 0 aliphatic rings. The summed E-state index contributed by atoms with van der Waals surface area (Å²) in [5.41, 5.74) is 2.99. The molecule has 1 aromatic carbocycles. The van der Waals surface area contributed by atoms with Crippen LogP contribution in [0.25, 0.3) is 0 Å². The smallest absolute Gasteiger partial charge is 0.111 e. The predicted octanol–water partition coefficient (Wildman–Crippen LogP) is 1.64. The van der Waals surface area contributed by atoms with Crippen molar-refractivity contribution in [3.63, 3.8) is 0 Å². The molecule has 16 heavy (non-hydrogen) atoms. The fraction of sp³-hybridized carbons (Fsp3) is 0.333. The number of nitrogens with one attached hydrogen (secondary N) is 1. The van der Waals surface area contributed by atoms with Crippen LogP contribution in [0.1, 0.15) is 29.8 Å². The van der Waals surface area contributed by atoms with Gasteiger partial charge in [-0.3, -0.25) is 0 Å². The molecule has 0 saturated carbocycles. The first-order chi connectivity index (χ1) is 7.79. The molecular weight excluding hydrogens is 202 g/mol. The summed E-state index contributed by atoms with van der Waals surface area (Å²) in [5, 5.41) is 19.9. The first-order valence-corrected chi connectivity index (χ1v) is 5.41. The van der Waals surface area contributed by atoms with Crippen molar-refractivity contribution in [3.8, 4) is 0 Å². The van der Waals surface area contributed by atoms with Crippen LogP contribution >= 0.6 is 0 Å². The van der Waals surface area contributed by atoms with Crippen molar-refractivity contribution in [1.82, 2.24) is 15.4 Å². The van der Waals surface area contributed by atoms with Gasteiger partial charge >= 0.3 is 0 Å². The summed E-state index contributed by atoms with van der Waals surface area (Å²) in [6.45, 7) is 2.12. The number of hydrogen-bond acceptors (Lipinski definition) is 3. The van der Waals surface area contributed by atoms with Crippen molar-refractivity contribution in [3.05, 3.63) is 47.3 Å². The van der Waals surface area contributed by atoms with E-state index in [1.165, 1.54) is 5.56 Å². The number of aryl methyl sites for hydroxylation is 1. The SMILES string of the molecule is CCc1ccc(CC(O)c2cn[nH]n2)cc1. The minimum atomic E-state index is -0.591. The van der Waals surface area contributed by atoms with Crippen molar-refractivity contribution in [2.75, 3.05) is 0 Å². The molecule has 0 spiro atoms. The van der Waals surface area contributed by atoms with Gasteiger partial charge in [0.2, 0.25) is 0 Å². The molecule has 0 fully saturated rings. The van der Waals surface area contributed by atoms with Gasteiger partial charge in [-0.05, 0) is 17.5 Å². The van der Waals surface area contributed by atoms with Gasteiger partial charge in [0.15, 0.2) is 0 Å². The van der Waals surface area contributed by atoms with E-state index in [1.54, 1.807) is 6.20 Å². The van der Waals surface area contributed by atoms with Crippen LogP contribution in [0.15, 0.2) is 30.5 Å². The summed E-state index contributed by atoms with van der Waals surface area (Å²) >= 11 is 0. The molecular formula is C12H15N3O. The first-order valence-electron chi connectivity index (χ1n) is 5.41. The molecule has 4 heteroatoms. The summed E-state index contributed by atoms with van der Waals surface area (Å²) in [5.74, 6) is 0. The van der Waals surface area contributed by atoms with E-state index in [2.05, 4.69) is 34.5 Å². The zero-order chi connectivity index (χ0) is 11.4. The summed E-state index contributed by atoms with van der Waals surface area (Å²) < 4.78 is 0. The number of rotatable bonds is 4. The molecule has 1 atom stereocenters. The Kier molecular flexibility index (Phi) is 3.31. The highest BCUT2D eigenvalue weighted by Crippen LogP contribution is 2.15. The van der Waals surface area contributed by atoms with Gasteiger partial charge in [-0.15, -0.1) is 0 Å². The molecule has 0 amide bonds. The number of benzene rings is 1. The molecule has 0 aliphatic heterocycles. The molecule has 1 aromatic heterocycles. The van der Waals surface area contributed by atoms with Crippen LogP contribution in [0.5, 0.6) is 0 Å². The molecule has 4 nitrogen and oxygen atoms in total. The standard InChI is InChI=1S/C12H15N3O/c1-2-9-3-5-10(6-4-9)7-12(16)11-8-13-15-14-11/h3-6,8,12,16H,2,7H2,1H3,(H,13,14,15). The van der Waals surface area contributed by atoms with Crippen LogP contribution in [0.4, 0.5) is 0 Å². The second kappa shape index (κ2) is 4.90. The van der Waals surface area contributed by atoms with Gasteiger partial charge in [-0.25, -0.2) is 0 Å². The van der Waals surface area contributed by atoms with E-state index in [9.17, 15) is 5.11 Å². The maximum atomic E-state index is 9.87. The van der Waals surface area contributed by atoms with Crippen molar-refractivity contribution in [1.29, 1.82) is 0 Å². The topological polar surface area (TPSA) is 61.8 Å². The van der Waals surface area contributed by atoms with E-state index in [0.717, 1.165) is 12.0 Å². The molecule has 2 N–H and O–H groups in total. The van der Waals surface area contributed by atoms with Crippen LogP contribution in [0.3, 0.4) is 0 Å². The number of nitrogens with zero attached hydrogens (tertiary/aromatic N) is 2. The molecule has 0 saturated heterocycles. The first kappa shape index (κ1) is 10.8. The molecule has 84 valence electrons. The van der Waals surface area contributed by atoms with Crippen LogP contribution in [0, 0.1) is 0 Å². The largest absolute Gasteiger partial charge is 0.386 e. The van der Waals surface area contributed by atoms with Gasteiger partial charge in [-0.1, -0.05) is 31.2 Å². The number of aliphatic hydroxyl groups is 1. The maximum absolute atomic E-state index is 9.87. The fourth-order valence-corrected chi connectivity index (χ4v) is 1.61. The highest BCUT2D eigenvalue weighted by atomic mass is 16.3. The highest BCUT2D eigenvalue weighted by Gasteiger charge is 2.10. The van der Waals surface area contributed by atoms with E-state index >= 15 is 0 Å². The average Bonchev–Trinajstić information content (AvgIpc) is 2.83. The Balaban J connectivity index is 2.03. The van der Waals surface area contributed by atoms with Crippen LogP contribution in [-0.2, 0) is 12.8 Å². The molecule has 1 heterocycles. The van der Waals surface area contributed by atoms with Crippen LogP contribution < -0.4 is 0 Å². The van der Waals surface area contributed by atoms with Crippen molar-refractivity contribution in [2.45, 2.75) is 25.9 Å². The number of aromatic nitrogens is 3. The number of H-pyrrole nitrogens is 1. The van der Waals surface area contributed by atoms with Gasteiger partial charge in [-0.2, -0.15) is 15.4 Å². The van der Waals surface area contributed by atoms with Gasteiger partial charge in [0.25, 0.3) is 0 Å². The number of aliphatic hydroxyl groups excluding tert-OH is 1. The van der Waals surface area contributed by atoms with Crippen molar-refractivity contribution >= 4 is 0 Å². The van der Waals surface area contributed by atoms with Gasteiger partial charge in [0.05, 0.1) is 6.20 Å². The summed E-state index contributed by atoms with van der Waals surface area (Å²) in [7, 11) is 0. The summed E-state index contributed by atoms with van der Waals surface area (Å²) in [4.78, 5) is 0. The average molecular weight is 217 g/mol. The maximum Gasteiger partial charge on any atom is 0.111 e. The quantitative estimate of drug-likeness (QED) is 0.818. The molecule has 0 radical (unpaired) electrons. The zero-order valence-electron chi connectivity index (χ0n) is 9.22. The van der Waals surface area contributed by atoms with Gasteiger partial charge < -0.3 is 5.11 Å². The van der Waals surface area contributed by atoms with Crippen molar-refractivity contribution in [2.24, 2.45) is 0 Å². The van der Waals surface area contributed by atoms with Crippen LogP contribution in [0.2, 0.25) is 0 Å². The lowest BCUT2D eigenvalue weighted by molar-refractivity contribution is 0.173. The monoisotopic (exact) mass is 217 g/mol. The van der Waals surface area contributed by atoms with E-state index in [1.807, 2.05) is 12.1 Å². The third-order valence-electron chi connectivity index (χ3n) is 2.64. The third-order valence-corrected chi connectivity index (χ3v) is 2.64. The minimum Gasteiger partial charge on any atom is -0.386 e. The molecule has 0 bridgehead atoms. The third kappa shape index (κ3) is 2.46. The summed E-state index contributed by atoms with van der Waals surface area (Å²) in [6.07, 6.45) is 2.56. The molecule has 2 rings (SSSR count). The Morgan fingerprint density at radius 3 is 2.50 bits per heavy atom. The Bertz CT molecular complexity index is 422. The summed E-state index contributed by atoms with van der Waals surface area (Å²) in [6, 6.07) is 8.26. The lowest BCUT2D eigenvalue weighted by Gasteiger charge is -2.07. The molecule has 2 aromatic rings. The Morgan fingerprint density at radius 1 is 1.25 bits per heavy atom. The minimum absolute atomic E-state index is 0.566. The fourth-order valence-electron chi connectivity index (χ4n) is 1.61. The molecule has 1 unspecified atom stereocenters. The van der Waals surface area contributed by atoms with E-state index < -0.39 is 6.10 Å². The van der Waals surface area contributed by atoms with Crippen LogP contribution in [-0.4, -0.2) is 20.5 Å². The zero-order valence-corrected chi connectivity index (χ0v) is 9.22. The number of hydrogen-bond donors (Lipinski definition) is 2.